The molecule has 0 aliphatic rings. The Labute approximate surface area is 112 Å². The molecule has 2 aromatic rings. The predicted molar refractivity (Wildman–Crippen MR) is 76.7 cm³/mol. The summed E-state index contributed by atoms with van der Waals surface area (Å²) in [5.74, 6) is 0.658. The van der Waals surface area contributed by atoms with Gasteiger partial charge in [0.25, 0.3) is 0 Å². The molecule has 0 unspecified atom stereocenters. The van der Waals surface area contributed by atoms with Gasteiger partial charge in [0, 0.05) is 12.3 Å². The second kappa shape index (κ2) is 5.87. The summed E-state index contributed by atoms with van der Waals surface area (Å²) in [5, 5.41) is 16.8. The number of rotatable bonds is 5. The Morgan fingerprint density at radius 1 is 1.21 bits per heavy atom. The summed E-state index contributed by atoms with van der Waals surface area (Å²) in [6, 6.07) is 14.7. The number of phenols is 1. The quantitative estimate of drug-likeness (QED) is 0.799. The molecule has 0 heterocycles. The van der Waals surface area contributed by atoms with Gasteiger partial charge in [0.05, 0.1) is 0 Å². The van der Waals surface area contributed by atoms with E-state index in [4.69, 9.17) is 10.1 Å². The van der Waals surface area contributed by atoms with Crippen molar-refractivity contribution in [1.82, 2.24) is 0 Å². The van der Waals surface area contributed by atoms with Gasteiger partial charge in [-0.1, -0.05) is 36.9 Å². The van der Waals surface area contributed by atoms with Crippen molar-refractivity contribution in [3.63, 3.8) is 0 Å². The molecule has 96 valence electrons. The number of ether oxygens (including phenoxy) is 1. The van der Waals surface area contributed by atoms with Crippen LogP contribution in [0.1, 0.15) is 11.1 Å². The monoisotopic (exact) mass is 253 g/mol. The third kappa shape index (κ3) is 3.45. The van der Waals surface area contributed by atoms with Crippen LogP contribution >= 0.6 is 0 Å². The fourth-order valence-electron chi connectivity index (χ4n) is 1.68. The van der Waals surface area contributed by atoms with E-state index in [-0.39, 0.29) is 5.75 Å². The summed E-state index contributed by atoms with van der Waals surface area (Å²) >= 11 is 0. The SMILES string of the molecule is C=C(C=N)c1cc(O)cc(OCc2ccccc2)c1. The van der Waals surface area contributed by atoms with Gasteiger partial charge >= 0.3 is 0 Å². The third-order valence-electron chi connectivity index (χ3n) is 2.68. The minimum absolute atomic E-state index is 0.101. The van der Waals surface area contributed by atoms with Crippen molar-refractivity contribution in [3.8, 4) is 11.5 Å². The second-order valence-electron chi connectivity index (χ2n) is 4.16. The Bertz CT molecular complexity index is 591. The molecule has 0 fully saturated rings. The first-order valence-corrected chi connectivity index (χ1v) is 5.89. The molecule has 0 atom stereocenters. The fraction of sp³-hybridized carbons (Fsp3) is 0.0625. The van der Waals surface area contributed by atoms with Crippen molar-refractivity contribution in [2.75, 3.05) is 0 Å². The minimum atomic E-state index is 0.101. The summed E-state index contributed by atoms with van der Waals surface area (Å²) in [4.78, 5) is 0. The molecule has 19 heavy (non-hydrogen) atoms. The van der Waals surface area contributed by atoms with E-state index in [9.17, 15) is 5.11 Å². The Kier molecular flexibility index (Phi) is 3.98. The summed E-state index contributed by atoms with van der Waals surface area (Å²) in [5.41, 5.74) is 2.26. The maximum atomic E-state index is 9.64. The van der Waals surface area contributed by atoms with Crippen LogP contribution < -0.4 is 4.74 Å². The highest BCUT2D eigenvalue weighted by Crippen LogP contribution is 2.25. The molecule has 0 bridgehead atoms. The molecule has 2 rings (SSSR count). The number of allylic oxidation sites excluding steroid dienone is 1. The normalized spacial score (nSPS) is 9.89. The van der Waals surface area contributed by atoms with Gasteiger partial charge in [0.15, 0.2) is 0 Å². The summed E-state index contributed by atoms with van der Waals surface area (Å²) in [6.45, 7) is 4.17. The lowest BCUT2D eigenvalue weighted by Crippen LogP contribution is -1.95. The Hall–Kier alpha value is -2.55. The van der Waals surface area contributed by atoms with E-state index in [1.165, 1.54) is 0 Å². The van der Waals surface area contributed by atoms with Crippen LogP contribution in [-0.4, -0.2) is 11.3 Å². The summed E-state index contributed by atoms with van der Waals surface area (Å²) < 4.78 is 5.63. The van der Waals surface area contributed by atoms with Crippen LogP contribution in [0.2, 0.25) is 0 Å². The topological polar surface area (TPSA) is 53.3 Å². The van der Waals surface area contributed by atoms with Crippen molar-refractivity contribution in [2.24, 2.45) is 0 Å². The van der Waals surface area contributed by atoms with Gasteiger partial charge in [0.1, 0.15) is 18.1 Å². The van der Waals surface area contributed by atoms with Crippen molar-refractivity contribution >= 4 is 11.8 Å². The van der Waals surface area contributed by atoms with E-state index in [0.29, 0.717) is 23.5 Å². The van der Waals surface area contributed by atoms with Crippen molar-refractivity contribution in [2.45, 2.75) is 6.61 Å². The second-order valence-corrected chi connectivity index (χ2v) is 4.16. The number of hydrogen-bond acceptors (Lipinski definition) is 3. The maximum absolute atomic E-state index is 9.64. The first-order chi connectivity index (χ1) is 9.19. The largest absolute Gasteiger partial charge is 0.508 e. The molecule has 2 N–H and O–H groups in total. The molecule has 0 saturated carbocycles. The fourth-order valence-corrected chi connectivity index (χ4v) is 1.68. The summed E-state index contributed by atoms with van der Waals surface area (Å²) in [6.07, 6.45) is 1.15. The molecule has 0 aliphatic carbocycles. The molecule has 0 radical (unpaired) electrons. The molecule has 0 aromatic heterocycles. The molecular formula is C16H15NO2. The molecule has 3 heteroatoms. The molecule has 0 amide bonds. The van der Waals surface area contributed by atoms with Crippen molar-refractivity contribution in [1.29, 1.82) is 5.41 Å². The van der Waals surface area contributed by atoms with Crippen LogP contribution in [0.5, 0.6) is 11.5 Å². The van der Waals surface area contributed by atoms with Crippen LogP contribution in [0.25, 0.3) is 5.57 Å². The van der Waals surface area contributed by atoms with Crippen LogP contribution in [0.4, 0.5) is 0 Å². The van der Waals surface area contributed by atoms with Gasteiger partial charge in [-0.15, -0.1) is 0 Å². The highest BCUT2D eigenvalue weighted by Gasteiger charge is 2.03. The number of hydrogen-bond donors (Lipinski definition) is 2. The standard InChI is InChI=1S/C16H15NO2/c1-12(10-17)14-7-15(18)9-16(8-14)19-11-13-5-3-2-4-6-13/h2-10,17-18H,1,11H2. The van der Waals surface area contributed by atoms with Gasteiger partial charge < -0.3 is 15.3 Å². The number of nitrogens with one attached hydrogen (secondary N) is 1. The Balaban J connectivity index is 2.14. The highest BCUT2D eigenvalue weighted by molar-refractivity contribution is 6.07. The minimum Gasteiger partial charge on any atom is -0.508 e. The smallest absolute Gasteiger partial charge is 0.124 e. The first-order valence-electron chi connectivity index (χ1n) is 5.89. The van der Waals surface area contributed by atoms with Gasteiger partial charge in [-0.05, 0) is 28.8 Å². The highest BCUT2D eigenvalue weighted by atomic mass is 16.5. The molecule has 2 aromatic carbocycles. The lowest BCUT2D eigenvalue weighted by molar-refractivity contribution is 0.304. The third-order valence-corrected chi connectivity index (χ3v) is 2.68. The van der Waals surface area contributed by atoms with E-state index in [0.717, 1.165) is 11.8 Å². The predicted octanol–water partition coefficient (Wildman–Crippen LogP) is 3.63. The lowest BCUT2D eigenvalue weighted by atomic mass is 10.1. The average molecular weight is 253 g/mol. The number of aromatic hydroxyl groups is 1. The van der Waals surface area contributed by atoms with E-state index >= 15 is 0 Å². The van der Waals surface area contributed by atoms with E-state index < -0.39 is 0 Å². The van der Waals surface area contributed by atoms with Crippen molar-refractivity contribution in [3.05, 3.63) is 66.2 Å². The Morgan fingerprint density at radius 2 is 1.95 bits per heavy atom. The van der Waals surface area contributed by atoms with Crippen molar-refractivity contribution < 1.29 is 9.84 Å². The van der Waals surface area contributed by atoms with E-state index in [1.54, 1.807) is 18.2 Å². The molecule has 0 saturated heterocycles. The van der Waals surface area contributed by atoms with Crippen LogP contribution in [0.15, 0.2) is 55.1 Å². The van der Waals surface area contributed by atoms with Gasteiger partial charge in [0.2, 0.25) is 0 Å². The van der Waals surface area contributed by atoms with Gasteiger partial charge in [-0.25, -0.2) is 0 Å². The van der Waals surface area contributed by atoms with Crippen LogP contribution in [-0.2, 0) is 6.61 Å². The number of benzene rings is 2. The van der Waals surface area contributed by atoms with Gasteiger partial charge in [-0.3, -0.25) is 0 Å². The average Bonchev–Trinajstić information content (AvgIpc) is 2.45. The lowest BCUT2D eigenvalue weighted by Gasteiger charge is -2.09. The zero-order valence-corrected chi connectivity index (χ0v) is 10.5. The summed E-state index contributed by atoms with van der Waals surface area (Å²) in [7, 11) is 0. The first kappa shape index (κ1) is 12.9. The zero-order chi connectivity index (χ0) is 13.7. The van der Waals surface area contributed by atoms with E-state index in [2.05, 4.69) is 6.58 Å². The molecule has 3 nitrogen and oxygen atoms in total. The Morgan fingerprint density at radius 3 is 2.63 bits per heavy atom. The van der Waals surface area contributed by atoms with Crippen LogP contribution in [0.3, 0.4) is 0 Å². The molecule has 0 spiro atoms. The number of phenolic OH excluding ortho intramolecular Hbond substituents is 1. The van der Waals surface area contributed by atoms with E-state index in [1.807, 2.05) is 30.3 Å². The maximum Gasteiger partial charge on any atom is 0.124 e. The molecular weight excluding hydrogens is 238 g/mol. The van der Waals surface area contributed by atoms with Gasteiger partial charge in [-0.2, -0.15) is 0 Å². The zero-order valence-electron chi connectivity index (χ0n) is 10.5. The van der Waals surface area contributed by atoms with Crippen LogP contribution in [0, 0.1) is 5.41 Å². The molecule has 0 aliphatic heterocycles.